The predicted molar refractivity (Wildman–Crippen MR) is 68.8 cm³/mol. The summed E-state index contributed by atoms with van der Waals surface area (Å²) in [6.45, 7) is 8.27. The molecule has 2 aliphatic heterocycles. The van der Waals surface area contributed by atoms with Crippen LogP contribution in [-0.4, -0.2) is 48.6 Å². The van der Waals surface area contributed by atoms with Crippen molar-refractivity contribution in [2.24, 2.45) is 0 Å². The monoisotopic (exact) mass is 237 g/mol. The maximum Gasteiger partial charge on any atom is 0.241 e. The van der Waals surface area contributed by atoms with Crippen LogP contribution >= 0.6 is 0 Å². The Morgan fingerprint density at radius 1 is 1.47 bits per heavy atom. The molecule has 0 aliphatic carbocycles. The van der Waals surface area contributed by atoms with Crippen LogP contribution in [0.4, 0.5) is 0 Å². The summed E-state index contributed by atoms with van der Waals surface area (Å²) in [5, 5.41) is 6.27. The molecule has 1 saturated heterocycles. The molecule has 2 N–H and O–H groups in total. The first-order chi connectivity index (χ1) is 8.07. The van der Waals surface area contributed by atoms with Crippen LogP contribution in [0.1, 0.15) is 26.7 Å². The average molecular weight is 237 g/mol. The minimum atomic E-state index is -0.153. The lowest BCUT2D eigenvalue weighted by atomic mass is 10.0. The molecule has 2 aliphatic rings. The van der Waals surface area contributed by atoms with Gasteiger partial charge >= 0.3 is 0 Å². The first-order valence-corrected chi connectivity index (χ1v) is 6.51. The van der Waals surface area contributed by atoms with Crippen molar-refractivity contribution in [1.82, 2.24) is 15.5 Å². The maximum atomic E-state index is 12.0. The van der Waals surface area contributed by atoms with Gasteiger partial charge in [0.25, 0.3) is 0 Å². The summed E-state index contributed by atoms with van der Waals surface area (Å²) in [6.07, 6.45) is 6.51. The molecule has 1 amide bonds. The van der Waals surface area contributed by atoms with E-state index in [2.05, 4.69) is 29.4 Å². The SMILES string of the molecule is CC(C)(CN1CCCC1)NC(=O)[C@H]1C=CCN1. The Morgan fingerprint density at radius 2 is 2.18 bits per heavy atom. The third-order valence-corrected chi connectivity index (χ3v) is 3.35. The van der Waals surface area contributed by atoms with E-state index in [1.807, 2.05) is 12.2 Å². The fourth-order valence-corrected chi connectivity index (χ4v) is 2.60. The summed E-state index contributed by atoms with van der Waals surface area (Å²) in [4.78, 5) is 14.4. The maximum absolute atomic E-state index is 12.0. The Morgan fingerprint density at radius 3 is 2.76 bits per heavy atom. The van der Waals surface area contributed by atoms with Gasteiger partial charge < -0.3 is 10.2 Å². The molecule has 0 aromatic heterocycles. The third kappa shape index (κ3) is 3.54. The summed E-state index contributed by atoms with van der Waals surface area (Å²) in [5.41, 5.74) is -0.153. The molecule has 2 heterocycles. The zero-order valence-electron chi connectivity index (χ0n) is 10.8. The lowest BCUT2D eigenvalue weighted by Crippen LogP contribution is -2.55. The van der Waals surface area contributed by atoms with Crippen LogP contribution < -0.4 is 10.6 Å². The van der Waals surface area contributed by atoms with E-state index < -0.39 is 0 Å². The van der Waals surface area contributed by atoms with Gasteiger partial charge in [-0.15, -0.1) is 0 Å². The van der Waals surface area contributed by atoms with Gasteiger partial charge in [-0.2, -0.15) is 0 Å². The highest BCUT2D eigenvalue weighted by atomic mass is 16.2. The Labute approximate surface area is 103 Å². The summed E-state index contributed by atoms with van der Waals surface area (Å²) in [5.74, 6) is 0.0861. The molecule has 0 saturated carbocycles. The van der Waals surface area contributed by atoms with Gasteiger partial charge in [-0.1, -0.05) is 12.2 Å². The van der Waals surface area contributed by atoms with E-state index in [-0.39, 0.29) is 17.5 Å². The van der Waals surface area contributed by atoms with Crippen LogP contribution in [0, 0.1) is 0 Å². The number of likely N-dealkylation sites (tertiary alicyclic amines) is 1. The minimum Gasteiger partial charge on any atom is -0.348 e. The molecular weight excluding hydrogens is 214 g/mol. The number of nitrogens with one attached hydrogen (secondary N) is 2. The molecule has 17 heavy (non-hydrogen) atoms. The Hall–Kier alpha value is -0.870. The summed E-state index contributed by atoms with van der Waals surface area (Å²) in [6, 6.07) is -0.146. The molecule has 0 unspecified atom stereocenters. The van der Waals surface area contributed by atoms with Crippen molar-refractivity contribution in [1.29, 1.82) is 0 Å². The Bertz CT molecular complexity index is 306. The van der Waals surface area contributed by atoms with E-state index in [4.69, 9.17) is 0 Å². The second-order valence-corrected chi connectivity index (χ2v) is 5.67. The van der Waals surface area contributed by atoms with Gasteiger partial charge in [-0.25, -0.2) is 0 Å². The fraction of sp³-hybridized carbons (Fsp3) is 0.769. The molecule has 2 rings (SSSR count). The second kappa shape index (κ2) is 5.19. The van der Waals surface area contributed by atoms with Crippen LogP contribution in [0.15, 0.2) is 12.2 Å². The first-order valence-electron chi connectivity index (χ1n) is 6.51. The number of carbonyl (C=O) groups excluding carboxylic acids is 1. The highest BCUT2D eigenvalue weighted by molar-refractivity contribution is 5.84. The van der Waals surface area contributed by atoms with Crippen molar-refractivity contribution in [3.63, 3.8) is 0 Å². The smallest absolute Gasteiger partial charge is 0.241 e. The number of amides is 1. The van der Waals surface area contributed by atoms with Gasteiger partial charge in [0.2, 0.25) is 5.91 Å². The summed E-state index contributed by atoms with van der Waals surface area (Å²) in [7, 11) is 0. The van der Waals surface area contributed by atoms with E-state index in [0.29, 0.717) is 0 Å². The fourth-order valence-electron chi connectivity index (χ4n) is 2.60. The zero-order valence-corrected chi connectivity index (χ0v) is 10.8. The van der Waals surface area contributed by atoms with Crippen LogP contribution in [0.5, 0.6) is 0 Å². The van der Waals surface area contributed by atoms with Gasteiger partial charge in [-0.05, 0) is 39.8 Å². The molecule has 0 aromatic carbocycles. The van der Waals surface area contributed by atoms with Gasteiger partial charge in [0.05, 0.1) is 0 Å². The molecule has 0 spiro atoms. The van der Waals surface area contributed by atoms with Crippen molar-refractivity contribution in [2.45, 2.75) is 38.3 Å². The standard InChI is InChI=1S/C13H23N3O/c1-13(2,10-16-8-3-4-9-16)15-12(17)11-6-5-7-14-11/h5-6,11,14H,3-4,7-10H2,1-2H3,(H,15,17)/t11-/m1/s1. The van der Waals surface area contributed by atoms with Crippen LogP contribution in [-0.2, 0) is 4.79 Å². The summed E-state index contributed by atoms with van der Waals surface area (Å²) >= 11 is 0. The van der Waals surface area contributed by atoms with Gasteiger partial charge in [0.1, 0.15) is 6.04 Å². The van der Waals surface area contributed by atoms with Crippen LogP contribution in [0.3, 0.4) is 0 Å². The third-order valence-electron chi connectivity index (χ3n) is 3.35. The van der Waals surface area contributed by atoms with E-state index in [0.717, 1.165) is 13.1 Å². The van der Waals surface area contributed by atoms with E-state index in [1.165, 1.54) is 25.9 Å². The Balaban J connectivity index is 1.82. The predicted octanol–water partition coefficient (Wildman–Crippen LogP) is 0.505. The number of nitrogens with zero attached hydrogens (tertiary/aromatic N) is 1. The molecule has 96 valence electrons. The van der Waals surface area contributed by atoms with Crippen molar-refractivity contribution in [3.05, 3.63) is 12.2 Å². The molecular formula is C13H23N3O. The zero-order chi connectivity index (χ0) is 12.3. The van der Waals surface area contributed by atoms with E-state index in [1.54, 1.807) is 0 Å². The van der Waals surface area contributed by atoms with Crippen LogP contribution in [0.2, 0.25) is 0 Å². The first kappa shape index (κ1) is 12.6. The molecule has 0 radical (unpaired) electrons. The average Bonchev–Trinajstić information content (AvgIpc) is 2.85. The lowest BCUT2D eigenvalue weighted by Gasteiger charge is -2.32. The van der Waals surface area contributed by atoms with E-state index in [9.17, 15) is 4.79 Å². The molecule has 4 heteroatoms. The second-order valence-electron chi connectivity index (χ2n) is 5.67. The number of rotatable bonds is 4. The highest BCUT2D eigenvalue weighted by Crippen LogP contribution is 2.13. The molecule has 1 atom stereocenters. The van der Waals surface area contributed by atoms with E-state index >= 15 is 0 Å². The van der Waals surface area contributed by atoms with Gasteiger partial charge in [0.15, 0.2) is 0 Å². The minimum absolute atomic E-state index is 0.0861. The molecule has 4 nitrogen and oxygen atoms in total. The highest BCUT2D eigenvalue weighted by Gasteiger charge is 2.28. The van der Waals surface area contributed by atoms with Crippen molar-refractivity contribution in [3.8, 4) is 0 Å². The van der Waals surface area contributed by atoms with Crippen LogP contribution in [0.25, 0.3) is 0 Å². The molecule has 0 bridgehead atoms. The van der Waals surface area contributed by atoms with Crippen molar-refractivity contribution >= 4 is 5.91 Å². The van der Waals surface area contributed by atoms with Gasteiger partial charge in [0, 0.05) is 18.6 Å². The normalized spacial score (nSPS) is 25.4. The largest absolute Gasteiger partial charge is 0.348 e. The number of hydrogen-bond donors (Lipinski definition) is 2. The molecule has 0 aromatic rings. The van der Waals surface area contributed by atoms with Crippen molar-refractivity contribution < 1.29 is 4.79 Å². The lowest BCUT2D eigenvalue weighted by molar-refractivity contribution is -0.123. The number of carbonyl (C=O) groups is 1. The Kier molecular flexibility index (Phi) is 3.84. The topological polar surface area (TPSA) is 44.4 Å². The van der Waals surface area contributed by atoms with Gasteiger partial charge in [-0.3, -0.25) is 10.1 Å². The quantitative estimate of drug-likeness (QED) is 0.700. The number of hydrogen-bond acceptors (Lipinski definition) is 3. The summed E-state index contributed by atoms with van der Waals surface area (Å²) < 4.78 is 0. The van der Waals surface area contributed by atoms with Crippen molar-refractivity contribution in [2.75, 3.05) is 26.2 Å². The molecule has 1 fully saturated rings.